The zero-order chi connectivity index (χ0) is 17.9. The standard InChI is InChI=1S/C19H19NO4S/c1-24-16-8-10-17(11-9-16)25(22,23)18-13-20(14-18)19(21)12-7-15-5-3-2-4-6-15/h2-12,18H,13-14H2,1H3/b12-7+. The van der Waals surface area contributed by atoms with Crippen molar-refractivity contribution in [3.05, 3.63) is 66.2 Å². The van der Waals surface area contributed by atoms with Gasteiger partial charge >= 0.3 is 0 Å². The fraction of sp³-hybridized carbons (Fsp3) is 0.211. The van der Waals surface area contributed by atoms with Crippen LogP contribution in [-0.4, -0.2) is 44.7 Å². The molecule has 6 heteroatoms. The molecule has 1 fully saturated rings. The summed E-state index contributed by atoms with van der Waals surface area (Å²) in [6.07, 6.45) is 3.21. The van der Waals surface area contributed by atoms with Crippen LogP contribution in [0, 0.1) is 0 Å². The quantitative estimate of drug-likeness (QED) is 0.771. The highest BCUT2D eigenvalue weighted by molar-refractivity contribution is 7.92. The highest BCUT2D eigenvalue weighted by Crippen LogP contribution is 2.25. The van der Waals surface area contributed by atoms with Gasteiger partial charge in [0.25, 0.3) is 0 Å². The fourth-order valence-corrected chi connectivity index (χ4v) is 4.26. The molecule has 130 valence electrons. The predicted octanol–water partition coefficient (Wildman–Crippen LogP) is 2.39. The Balaban J connectivity index is 1.61. The van der Waals surface area contributed by atoms with Gasteiger partial charge in [0.15, 0.2) is 9.84 Å². The largest absolute Gasteiger partial charge is 0.497 e. The molecule has 0 bridgehead atoms. The number of methoxy groups -OCH3 is 1. The third-order valence-corrected chi connectivity index (χ3v) is 6.31. The Kier molecular flexibility index (Phi) is 4.90. The molecule has 3 rings (SSSR count). The highest BCUT2D eigenvalue weighted by Gasteiger charge is 2.39. The SMILES string of the molecule is COc1ccc(S(=O)(=O)C2CN(C(=O)/C=C/c3ccccc3)C2)cc1. The molecule has 0 spiro atoms. The van der Waals surface area contributed by atoms with E-state index in [1.807, 2.05) is 30.3 Å². The molecule has 0 saturated carbocycles. The van der Waals surface area contributed by atoms with Crippen LogP contribution in [0.5, 0.6) is 5.75 Å². The lowest BCUT2D eigenvalue weighted by Crippen LogP contribution is -2.56. The Bertz CT molecular complexity index is 867. The lowest BCUT2D eigenvalue weighted by atomic mass is 10.2. The first-order valence-corrected chi connectivity index (χ1v) is 9.45. The van der Waals surface area contributed by atoms with Crippen LogP contribution in [0.1, 0.15) is 5.56 Å². The van der Waals surface area contributed by atoms with Crippen molar-refractivity contribution in [2.45, 2.75) is 10.1 Å². The molecule has 0 radical (unpaired) electrons. The molecule has 1 aliphatic rings. The molecule has 1 saturated heterocycles. The second-order valence-corrected chi connectivity index (χ2v) is 8.06. The average molecular weight is 357 g/mol. The lowest BCUT2D eigenvalue weighted by molar-refractivity contribution is -0.128. The van der Waals surface area contributed by atoms with Crippen LogP contribution in [0.3, 0.4) is 0 Å². The third kappa shape index (κ3) is 3.74. The van der Waals surface area contributed by atoms with Crippen LogP contribution in [0.2, 0.25) is 0 Å². The smallest absolute Gasteiger partial charge is 0.246 e. The van der Waals surface area contributed by atoms with Gasteiger partial charge in [0, 0.05) is 19.2 Å². The number of sulfone groups is 1. The Morgan fingerprint density at radius 2 is 1.72 bits per heavy atom. The first-order valence-electron chi connectivity index (χ1n) is 7.90. The minimum absolute atomic E-state index is 0.176. The van der Waals surface area contributed by atoms with Gasteiger partial charge in [-0.2, -0.15) is 0 Å². The van der Waals surface area contributed by atoms with Gasteiger partial charge in [-0.3, -0.25) is 4.79 Å². The molecular weight excluding hydrogens is 338 g/mol. The zero-order valence-electron chi connectivity index (χ0n) is 13.8. The number of rotatable bonds is 5. The van der Waals surface area contributed by atoms with Crippen molar-refractivity contribution in [1.29, 1.82) is 0 Å². The predicted molar refractivity (Wildman–Crippen MR) is 96.0 cm³/mol. The number of carbonyl (C=O) groups excluding carboxylic acids is 1. The van der Waals surface area contributed by atoms with Crippen molar-refractivity contribution in [2.75, 3.05) is 20.2 Å². The molecule has 0 aromatic heterocycles. The first kappa shape index (κ1) is 17.2. The van der Waals surface area contributed by atoms with E-state index in [0.29, 0.717) is 5.75 Å². The number of hydrogen-bond donors (Lipinski definition) is 0. The Morgan fingerprint density at radius 3 is 2.32 bits per heavy atom. The monoisotopic (exact) mass is 357 g/mol. The van der Waals surface area contributed by atoms with Crippen molar-refractivity contribution in [3.63, 3.8) is 0 Å². The van der Waals surface area contributed by atoms with E-state index >= 15 is 0 Å². The molecular formula is C19H19NO4S. The Morgan fingerprint density at radius 1 is 1.08 bits per heavy atom. The fourth-order valence-electron chi connectivity index (χ4n) is 2.61. The molecule has 2 aromatic rings. The van der Waals surface area contributed by atoms with Crippen LogP contribution < -0.4 is 4.74 Å². The molecule has 1 amide bonds. The van der Waals surface area contributed by atoms with Crippen LogP contribution in [-0.2, 0) is 14.6 Å². The van der Waals surface area contributed by atoms with Gasteiger partial charge in [-0.1, -0.05) is 30.3 Å². The number of ether oxygens (including phenoxy) is 1. The Hall–Kier alpha value is -2.60. The number of benzene rings is 2. The maximum atomic E-state index is 12.6. The van der Waals surface area contributed by atoms with Gasteiger partial charge < -0.3 is 9.64 Å². The molecule has 5 nitrogen and oxygen atoms in total. The van der Waals surface area contributed by atoms with E-state index in [1.165, 1.54) is 30.2 Å². The van der Waals surface area contributed by atoms with Crippen LogP contribution in [0.15, 0.2) is 65.6 Å². The molecule has 0 N–H and O–H groups in total. The summed E-state index contributed by atoms with van der Waals surface area (Å²) < 4.78 is 30.2. The van der Waals surface area contributed by atoms with E-state index in [4.69, 9.17) is 4.74 Å². The zero-order valence-corrected chi connectivity index (χ0v) is 14.6. The molecule has 1 heterocycles. The summed E-state index contributed by atoms with van der Waals surface area (Å²) >= 11 is 0. The van der Waals surface area contributed by atoms with Crippen molar-refractivity contribution in [1.82, 2.24) is 4.90 Å². The summed E-state index contributed by atoms with van der Waals surface area (Å²) in [4.78, 5) is 13.9. The Labute approximate surface area is 147 Å². The van der Waals surface area contributed by atoms with Gasteiger partial charge in [-0.15, -0.1) is 0 Å². The maximum Gasteiger partial charge on any atom is 0.246 e. The topological polar surface area (TPSA) is 63.7 Å². The van der Waals surface area contributed by atoms with Gasteiger partial charge in [0.1, 0.15) is 11.0 Å². The van der Waals surface area contributed by atoms with Crippen molar-refractivity contribution in [2.24, 2.45) is 0 Å². The number of amides is 1. The van der Waals surface area contributed by atoms with E-state index in [-0.39, 0.29) is 23.9 Å². The summed E-state index contributed by atoms with van der Waals surface area (Å²) in [5, 5.41) is -0.560. The van der Waals surface area contributed by atoms with Gasteiger partial charge in [-0.05, 0) is 35.9 Å². The number of carbonyl (C=O) groups is 1. The first-order chi connectivity index (χ1) is 12.0. The molecule has 0 unspecified atom stereocenters. The van der Waals surface area contributed by atoms with Crippen LogP contribution in [0.25, 0.3) is 6.08 Å². The van der Waals surface area contributed by atoms with Crippen LogP contribution >= 0.6 is 0 Å². The van der Waals surface area contributed by atoms with Crippen molar-refractivity contribution in [3.8, 4) is 5.75 Å². The molecule has 1 aliphatic heterocycles. The maximum absolute atomic E-state index is 12.6. The van der Waals surface area contributed by atoms with E-state index in [9.17, 15) is 13.2 Å². The normalized spacial score (nSPS) is 15.2. The third-order valence-electron chi connectivity index (χ3n) is 4.20. The molecule has 25 heavy (non-hydrogen) atoms. The second-order valence-electron chi connectivity index (χ2n) is 5.83. The van der Waals surface area contributed by atoms with E-state index in [0.717, 1.165) is 5.56 Å². The van der Waals surface area contributed by atoms with E-state index in [1.54, 1.807) is 18.2 Å². The molecule has 0 atom stereocenters. The summed E-state index contributed by atoms with van der Waals surface area (Å²) in [6.45, 7) is 0.429. The number of hydrogen-bond acceptors (Lipinski definition) is 4. The summed E-state index contributed by atoms with van der Waals surface area (Å²) in [5.74, 6) is 0.431. The molecule has 0 aliphatic carbocycles. The minimum atomic E-state index is -3.43. The summed E-state index contributed by atoms with van der Waals surface area (Å²) in [5.41, 5.74) is 0.929. The summed E-state index contributed by atoms with van der Waals surface area (Å²) in [6, 6.07) is 15.8. The van der Waals surface area contributed by atoms with Gasteiger partial charge in [-0.25, -0.2) is 8.42 Å². The highest BCUT2D eigenvalue weighted by atomic mass is 32.2. The average Bonchev–Trinajstić information content (AvgIpc) is 2.59. The van der Waals surface area contributed by atoms with Gasteiger partial charge in [0.05, 0.1) is 12.0 Å². The summed E-state index contributed by atoms with van der Waals surface area (Å²) in [7, 11) is -1.90. The van der Waals surface area contributed by atoms with Gasteiger partial charge in [0.2, 0.25) is 5.91 Å². The van der Waals surface area contributed by atoms with E-state index in [2.05, 4.69) is 0 Å². The van der Waals surface area contributed by atoms with E-state index < -0.39 is 15.1 Å². The van der Waals surface area contributed by atoms with Crippen molar-refractivity contribution >= 4 is 21.8 Å². The lowest BCUT2D eigenvalue weighted by Gasteiger charge is -2.38. The van der Waals surface area contributed by atoms with Crippen LogP contribution in [0.4, 0.5) is 0 Å². The number of likely N-dealkylation sites (tertiary alicyclic amines) is 1. The molecule has 2 aromatic carbocycles. The minimum Gasteiger partial charge on any atom is -0.497 e. The van der Waals surface area contributed by atoms with Crippen molar-refractivity contribution < 1.29 is 17.9 Å². The second kappa shape index (κ2) is 7.11. The number of nitrogens with zero attached hydrogens (tertiary/aromatic N) is 1.